The van der Waals surface area contributed by atoms with Gasteiger partial charge in [0.05, 0.1) is 13.7 Å². The van der Waals surface area contributed by atoms with E-state index in [-0.39, 0.29) is 12.5 Å². The van der Waals surface area contributed by atoms with Crippen molar-refractivity contribution in [2.24, 2.45) is 0 Å². The Bertz CT molecular complexity index is 682. The SMILES string of the molecule is CCN(CC)c1ccc(NCC(=O)NCCc2cccc(OC)c2)cc1. The number of hydrogen-bond donors (Lipinski definition) is 2. The largest absolute Gasteiger partial charge is 0.497 e. The normalized spacial score (nSPS) is 10.3. The maximum atomic E-state index is 12.0. The van der Waals surface area contributed by atoms with E-state index in [0.717, 1.165) is 36.5 Å². The summed E-state index contributed by atoms with van der Waals surface area (Å²) >= 11 is 0. The second-order valence-corrected chi connectivity index (χ2v) is 6.02. The Labute approximate surface area is 156 Å². The van der Waals surface area contributed by atoms with E-state index in [4.69, 9.17) is 4.74 Å². The molecule has 0 aliphatic carbocycles. The molecule has 2 N–H and O–H groups in total. The molecule has 0 radical (unpaired) electrons. The van der Waals surface area contributed by atoms with Crippen LogP contribution in [-0.4, -0.2) is 39.2 Å². The van der Waals surface area contributed by atoms with E-state index in [1.54, 1.807) is 7.11 Å². The highest BCUT2D eigenvalue weighted by Gasteiger charge is 2.04. The number of ether oxygens (including phenoxy) is 1. The number of carbonyl (C=O) groups excluding carboxylic acids is 1. The highest BCUT2D eigenvalue weighted by Crippen LogP contribution is 2.17. The molecule has 0 spiro atoms. The predicted octanol–water partition coefficient (Wildman–Crippen LogP) is 3.31. The lowest BCUT2D eigenvalue weighted by Gasteiger charge is -2.21. The molecule has 1 amide bonds. The summed E-state index contributed by atoms with van der Waals surface area (Å²) in [5, 5.41) is 6.10. The van der Waals surface area contributed by atoms with Crippen molar-refractivity contribution < 1.29 is 9.53 Å². The first-order valence-corrected chi connectivity index (χ1v) is 9.14. The summed E-state index contributed by atoms with van der Waals surface area (Å²) in [6.07, 6.45) is 0.779. The molecule has 2 aromatic carbocycles. The zero-order valence-electron chi connectivity index (χ0n) is 15.9. The number of amides is 1. The van der Waals surface area contributed by atoms with Crippen LogP contribution in [0.15, 0.2) is 48.5 Å². The van der Waals surface area contributed by atoms with Crippen molar-refractivity contribution in [3.8, 4) is 5.75 Å². The van der Waals surface area contributed by atoms with Crippen molar-refractivity contribution in [2.45, 2.75) is 20.3 Å². The second kappa shape index (κ2) is 10.3. The van der Waals surface area contributed by atoms with Crippen LogP contribution in [0.2, 0.25) is 0 Å². The second-order valence-electron chi connectivity index (χ2n) is 6.02. The minimum absolute atomic E-state index is 0.0132. The van der Waals surface area contributed by atoms with Gasteiger partial charge in [0.2, 0.25) is 5.91 Å². The van der Waals surface area contributed by atoms with Crippen molar-refractivity contribution in [1.82, 2.24) is 5.32 Å². The molecule has 5 heteroatoms. The van der Waals surface area contributed by atoms with Crippen LogP contribution >= 0.6 is 0 Å². The van der Waals surface area contributed by atoms with Gasteiger partial charge in [-0.05, 0) is 62.2 Å². The number of hydrogen-bond acceptors (Lipinski definition) is 4. The molecule has 0 unspecified atom stereocenters. The predicted molar refractivity (Wildman–Crippen MR) is 108 cm³/mol. The van der Waals surface area contributed by atoms with Crippen LogP contribution < -0.4 is 20.3 Å². The smallest absolute Gasteiger partial charge is 0.239 e. The molecule has 0 aromatic heterocycles. The fourth-order valence-electron chi connectivity index (χ4n) is 2.80. The number of nitrogens with one attached hydrogen (secondary N) is 2. The summed E-state index contributed by atoms with van der Waals surface area (Å²) in [4.78, 5) is 14.3. The van der Waals surface area contributed by atoms with Crippen molar-refractivity contribution in [1.29, 1.82) is 0 Å². The van der Waals surface area contributed by atoms with Gasteiger partial charge in [-0.15, -0.1) is 0 Å². The number of anilines is 2. The molecule has 0 fully saturated rings. The Morgan fingerprint density at radius 1 is 1.08 bits per heavy atom. The third kappa shape index (κ3) is 5.99. The lowest BCUT2D eigenvalue weighted by molar-refractivity contribution is -0.119. The Balaban J connectivity index is 1.72. The first kappa shape index (κ1) is 19.6. The Morgan fingerprint density at radius 2 is 1.81 bits per heavy atom. The van der Waals surface area contributed by atoms with E-state index >= 15 is 0 Å². The fraction of sp³-hybridized carbons (Fsp3) is 0.381. The molecular weight excluding hydrogens is 326 g/mol. The summed E-state index contributed by atoms with van der Waals surface area (Å²) < 4.78 is 5.21. The molecule has 0 aliphatic rings. The Morgan fingerprint density at radius 3 is 2.46 bits per heavy atom. The molecule has 0 aliphatic heterocycles. The van der Waals surface area contributed by atoms with Gasteiger partial charge >= 0.3 is 0 Å². The van der Waals surface area contributed by atoms with Crippen LogP contribution in [0.3, 0.4) is 0 Å². The Kier molecular flexibility index (Phi) is 7.80. The fourth-order valence-corrected chi connectivity index (χ4v) is 2.80. The van der Waals surface area contributed by atoms with Crippen LogP contribution in [0.1, 0.15) is 19.4 Å². The molecule has 140 valence electrons. The maximum Gasteiger partial charge on any atom is 0.239 e. The topological polar surface area (TPSA) is 53.6 Å². The quantitative estimate of drug-likeness (QED) is 0.686. The molecular formula is C21H29N3O2. The van der Waals surface area contributed by atoms with Gasteiger partial charge in [0.15, 0.2) is 0 Å². The number of benzene rings is 2. The van der Waals surface area contributed by atoms with Crippen LogP contribution in [0.5, 0.6) is 5.75 Å². The standard InChI is InChI=1S/C21H29N3O2/c1-4-24(5-2)19-11-9-18(10-12-19)23-16-21(25)22-14-13-17-7-6-8-20(15-17)26-3/h6-12,15,23H,4-5,13-14,16H2,1-3H3,(H,22,25). The maximum absolute atomic E-state index is 12.0. The highest BCUT2D eigenvalue weighted by molar-refractivity contribution is 5.80. The van der Waals surface area contributed by atoms with E-state index in [9.17, 15) is 4.79 Å². The minimum Gasteiger partial charge on any atom is -0.497 e. The summed E-state index contributed by atoms with van der Waals surface area (Å²) in [6, 6.07) is 16.1. The molecule has 5 nitrogen and oxygen atoms in total. The number of carbonyl (C=O) groups is 1. The lowest BCUT2D eigenvalue weighted by atomic mass is 10.1. The average molecular weight is 355 g/mol. The lowest BCUT2D eigenvalue weighted by Crippen LogP contribution is -2.31. The van der Waals surface area contributed by atoms with E-state index in [0.29, 0.717) is 6.54 Å². The number of rotatable bonds is 10. The van der Waals surface area contributed by atoms with Gasteiger partial charge in [-0.1, -0.05) is 12.1 Å². The van der Waals surface area contributed by atoms with E-state index in [2.05, 4.69) is 41.5 Å². The first-order valence-electron chi connectivity index (χ1n) is 9.14. The van der Waals surface area contributed by atoms with Crippen molar-refractivity contribution in [3.63, 3.8) is 0 Å². The molecule has 0 saturated carbocycles. The van der Waals surface area contributed by atoms with E-state index < -0.39 is 0 Å². The summed E-state index contributed by atoms with van der Waals surface area (Å²) in [5.41, 5.74) is 3.29. The van der Waals surface area contributed by atoms with Gasteiger partial charge in [-0.25, -0.2) is 0 Å². The van der Waals surface area contributed by atoms with Gasteiger partial charge in [-0.3, -0.25) is 4.79 Å². The molecule has 0 heterocycles. The van der Waals surface area contributed by atoms with Crippen LogP contribution in [-0.2, 0) is 11.2 Å². The summed E-state index contributed by atoms with van der Waals surface area (Å²) in [7, 11) is 1.65. The first-order chi connectivity index (χ1) is 12.7. The van der Waals surface area contributed by atoms with Crippen molar-refractivity contribution >= 4 is 17.3 Å². The van der Waals surface area contributed by atoms with Gasteiger partial charge in [-0.2, -0.15) is 0 Å². The molecule has 0 bridgehead atoms. The molecule has 0 atom stereocenters. The number of nitrogens with zero attached hydrogens (tertiary/aromatic N) is 1. The summed E-state index contributed by atoms with van der Waals surface area (Å²) in [5.74, 6) is 0.823. The zero-order chi connectivity index (χ0) is 18.8. The van der Waals surface area contributed by atoms with E-state index in [1.165, 1.54) is 5.69 Å². The van der Waals surface area contributed by atoms with Crippen LogP contribution in [0.25, 0.3) is 0 Å². The van der Waals surface area contributed by atoms with Gasteiger partial charge < -0.3 is 20.3 Å². The number of methoxy groups -OCH3 is 1. The Hall–Kier alpha value is -2.69. The molecule has 2 rings (SSSR count). The third-order valence-corrected chi connectivity index (χ3v) is 4.32. The van der Waals surface area contributed by atoms with Gasteiger partial charge in [0, 0.05) is 31.0 Å². The summed E-state index contributed by atoms with van der Waals surface area (Å²) in [6.45, 7) is 7.13. The zero-order valence-corrected chi connectivity index (χ0v) is 15.9. The van der Waals surface area contributed by atoms with Gasteiger partial charge in [0.25, 0.3) is 0 Å². The van der Waals surface area contributed by atoms with Gasteiger partial charge in [0.1, 0.15) is 5.75 Å². The van der Waals surface area contributed by atoms with E-state index in [1.807, 2.05) is 36.4 Å². The van der Waals surface area contributed by atoms with Crippen molar-refractivity contribution in [3.05, 3.63) is 54.1 Å². The molecule has 26 heavy (non-hydrogen) atoms. The molecule has 0 saturated heterocycles. The monoisotopic (exact) mass is 355 g/mol. The minimum atomic E-state index is -0.0132. The van der Waals surface area contributed by atoms with Crippen LogP contribution in [0, 0.1) is 0 Å². The third-order valence-electron chi connectivity index (χ3n) is 4.32. The van der Waals surface area contributed by atoms with Crippen molar-refractivity contribution in [2.75, 3.05) is 43.5 Å². The molecule has 2 aromatic rings. The van der Waals surface area contributed by atoms with Crippen LogP contribution in [0.4, 0.5) is 11.4 Å². The average Bonchev–Trinajstić information content (AvgIpc) is 2.68. The highest BCUT2D eigenvalue weighted by atomic mass is 16.5.